The number of nitrogen functional groups attached to an aromatic ring is 1. The fraction of sp³-hybridized carbons (Fsp3) is 0.200. The Labute approximate surface area is 192 Å². The molecule has 2 heterocycles. The lowest BCUT2D eigenvalue weighted by Crippen LogP contribution is -2.28. The van der Waals surface area contributed by atoms with Gasteiger partial charge in [-0.1, -0.05) is 36.4 Å². The highest BCUT2D eigenvalue weighted by Gasteiger charge is 2.37. The van der Waals surface area contributed by atoms with E-state index in [2.05, 4.69) is 25.7 Å². The van der Waals surface area contributed by atoms with Crippen molar-refractivity contribution in [3.8, 4) is 0 Å². The molecule has 2 amide bonds. The summed E-state index contributed by atoms with van der Waals surface area (Å²) >= 11 is 0. The third-order valence-corrected chi connectivity index (χ3v) is 5.67. The largest absolute Gasteiger partial charge is 0.397 e. The van der Waals surface area contributed by atoms with Crippen LogP contribution in [0.3, 0.4) is 0 Å². The van der Waals surface area contributed by atoms with Crippen LogP contribution in [0.5, 0.6) is 0 Å². The first-order valence-corrected chi connectivity index (χ1v) is 10.7. The van der Waals surface area contributed by atoms with E-state index in [9.17, 15) is 9.59 Å². The van der Waals surface area contributed by atoms with Crippen LogP contribution in [-0.4, -0.2) is 47.0 Å². The molecule has 1 aliphatic rings. The first-order valence-electron chi connectivity index (χ1n) is 10.7. The maximum Gasteiger partial charge on any atom is 0.248 e. The molecule has 0 saturated carbocycles. The quantitative estimate of drug-likeness (QED) is 0.400. The predicted molar refractivity (Wildman–Crippen MR) is 129 cm³/mol. The normalized spacial score (nSPS) is 18.3. The van der Waals surface area contributed by atoms with Crippen molar-refractivity contribution < 1.29 is 9.59 Å². The number of rotatable bonds is 6. The summed E-state index contributed by atoms with van der Waals surface area (Å²) < 4.78 is 0. The van der Waals surface area contributed by atoms with Crippen LogP contribution in [-0.2, 0) is 9.59 Å². The Bertz CT molecular complexity index is 1150. The van der Waals surface area contributed by atoms with E-state index < -0.39 is 0 Å². The zero-order chi connectivity index (χ0) is 23.2. The summed E-state index contributed by atoms with van der Waals surface area (Å²) in [5.74, 6) is 0.00204. The molecule has 0 spiro atoms. The molecule has 0 aliphatic carbocycles. The molecule has 4 rings (SSSR count). The summed E-state index contributed by atoms with van der Waals surface area (Å²) in [7, 11) is 2.01. The van der Waals surface area contributed by atoms with Gasteiger partial charge in [-0.15, -0.1) is 5.10 Å². The number of anilines is 3. The van der Waals surface area contributed by atoms with Gasteiger partial charge in [-0.2, -0.15) is 5.10 Å². The van der Waals surface area contributed by atoms with Crippen molar-refractivity contribution in [2.45, 2.75) is 5.92 Å². The second-order valence-electron chi connectivity index (χ2n) is 8.11. The minimum atomic E-state index is -0.254. The van der Waals surface area contributed by atoms with E-state index in [1.165, 1.54) is 6.08 Å². The number of nitrogens with one attached hydrogen (secondary N) is 2. The van der Waals surface area contributed by atoms with Crippen molar-refractivity contribution in [2.24, 2.45) is 5.92 Å². The van der Waals surface area contributed by atoms with Crippen LogP contribution in [0, 0.1) is 5.92 Å². The zero-order valence-electron chi connectivity index (χ0n) is 18.3. The molecule has 2 atom stereocenters. The lowest BCUT2D eigenvalue weighted by atomic mass is 9.88. The van der Waals surface area contributed by atoms with Crippen molar-refractivity contribution in [3.05, 3.63) is 84.1 Å². The molecule has 2 unspecified atom stereocenters. The minimum absolute atomic E-state index is 0.0639. The topological polar surface area (TPSA) is 113 Å². The molecular weight excluding hydrogens is 416 g/mol. The molecule has 1 aliphatic heterocycles. The van der Waals surface area contributed by atoms with Crippen LogP contribution in [0.15, 0.2) is 72.9 Å². The molecular formula is C25H26N6O2. The fourth-order valence-electron chi connectivity index (χ4n) is 4.00. The van der Waals surface area contributed by atoms with Gasteiger partial charge in [0.1, 0.15) is 0 Å². The van der Waals surface area contributed by atoms with Crippen molar-refractivity contribution >= 4 is 35.1 Å². The molecule has 4 N–H and O–H groups in total. The monoisotopic (exact) mass is 442 g/mol. The summed E-state index contributed by atoms with van der Waals surface area (Å²) in [6.45, 7) is 1.45. The number of carbonyl (C=O) groups excluding carboxylic acids is 2. The number of nitrogens with two attached hydrogens (primary N) is 1. The number of amides is 2. The number of hydrogen-bond donors (Lipinski definition) is 3. The molecule has 2 aromatic carbocycles. The van der Waals surface area contributed by atoms with E-state index >= 15 is 0 Å². The number of benzene rings is 2. The first-order chi connectivity index (χ1) is 16.0. The molecule has 0 radical (unpaired) electrons. The second kappa shape index (κ2) is 10.1. The Hall–Kier alpha value is -4.04. The Morgan fingerprint density at radius 2 is 1.82 bits per heavy atom. The maximum atomic E-state index is 12.9. The summed E-state index contributed by atoms with van der Waals surface area (Å²) in [4.78, 5) is 27.2. The summed E-state index contributed by atoms with van der Waals surface area (Å²) in [6, 6.07) is 18.5. The minimum Gasteiger partial charge on any atom is -0.397 e. The van der Waals surface area contributed by atoms with E-state index in [1.807, 2.05) is 43.4 Å². The summed E-state index contributed by atoms with van der Waals surface area (Å²) in [5.41, 5.74) is 8.93. The maximum absolute atomic E-state index is 12.9. The molecule has 1 saturated heterocycles. The molecule has 8 heteroatoms. The van der Waals surface area contributed by atoms with Gasteiger partial charge in [-0.25, -0.2) is 0 Å². The van der Waals surface area contributed by atoms with Crippen molar-refractivity contribution in [1.82, 2.24) is 15.1 Å². The number of aromatic nitrogens is 2. The molecule has 1 fully saturated rings. The number of hydrogen-bond acceptors (Lipinski definition) is 6. The lowest BCUT2D eigenvalue weighted by molar-refractivity contribution is -0.120. The number of likely N-dealkylation sites (N-methyl/N-ethyl adjacent to an activating group) is 1. The highest BCUT2D eigenvalue weighted by Crippen LogP contribution is 2.33. The highest BCUT2D eigenvalue weighted by molar-refractivity contribution is 6.03. The number of nitrogens with zero attached hydrogens (tertiary/aromatic N) is 3. The standard InChI is InChI=1S/C25H26N6O2/c1-31-15-19(20(16-31)25(33)29-23-7-4-14-27-30-23)18-11-8-17(9-12-18)10-13-24(32)28-22-6-3-2-5-21(22)26/h2-14,19-20H,15-16,26H2,1H3,(H,28,32)(H,29,30,33)/b13-10+. The van der Waals surface area contributed by atoms with Crippen LogP contribution < -0.4 is 16.4 Å². The van der Waals surface area contributed by atoms with E-state index in [0.717, 1.165) is 17.7 Å². The zero-order valence-corrected chi connectivity index (χ0v) is 18.3. The average Bonchev–Trinajstić information content (AvgIpc) is 3.22. The van der Waals surface area contributed by atoms with Crippen molar-refractivity contribution in [1.29, 1.82) is 0 Å². The van der Waals surface area contributed by atoms with Crippen molar-refractivity contribution in [2.75, 3.05) is 36.5 Å². The molecule has 168 valence electrons. The third-order valence-electron chi connectivity index (χ3n) is 5.67. The second-order valence-corrected chi connectivity index (χ2v) is 8.11. The van der Waals surface area contributed by atoms with Crippen LogP contribution in [0.1, 0.15) is 17.0 Å². The van der Waals surface area contributed by atoms with E-state index in [0.29, 0.717) is 23.7 Å². The van der Waals surface area contributed by atoms with Crippen LogP contribution >= 0.6 is 0 Å². The Balaban J connectivity index is 1.41. The van der Waals surface area contributed by atoms with Crippen LogP contribution in [0.4, 0.5) is 17.2 Å². The summed E-state index contributed by atoms with van der Waals surface area (Å²) in [6.07, 6.45) is 4.79. The molecule has 8 nitrogen and oxygen atoms in total. The predicted octanol–water partition coefficient (Wildman–Crippen LogP) is 2.99. The smallest absolute Gasteiger partial charge is 0.248 e. The molecule has 33 heavy (non-hydrogen) atoms. The van der Waals surface area contributed by atoms with Gasteiger partial charge in [-0.05, 0) is 48.5 Å². The van der Waals surface area contributed by atoms with Gasteiger partial charge in [0.15, 0.2) is 5.82 Å². The highest BCUT2D eigenvalue weighted by atomic mass is 16.2. The average molecular weight is 443 g/mol. The van der Waals surface area contributed by atoms with Gasteiger partial charge in [0.25, 0.3) is 0 Å². The Morgan fingerprint density at radius 1 is 1.03 bits per heavy atom. The Kier molecular flexibility index (Phi) is 6.75. The van der Waals surface area contributed by atoms with Gasteiger partial charge in [0.2, 0.25) is 11.8 Å². The van der Waals surface area contributed by atoms with Crippen LogP contribution in [0.2, 0.25) is 0 Å². The SMILES string of the molecule is CN1CC(C(=O)Nc2cccnn2)C(c2ccc(/C=C/C(=O)Nc3ccccc3N)cc2)C1. The van der Waals surface area contributed by atoms with E-state index in [4.69, 9.17) is 5.73 Å². The van der Waals surface area contributed by atoms with Gasteiger partial charge < -0.3 is 21.3 Å². The van der Waals surface area contributed by atoms with E-state index in [-0.39, 0.29) is 23.7 Å². The Morgan fingerprint density at radius 3 is 2.55 bits per heavy atom. The van der Waals surface area contributed by atoms with Gasteiger partial charge in [0, 0.05) is 31.3 Å². The first kappa shape index (κ1) is 22.2. The van der Waals surface area contributed by atoms with Gasteiger partial charge in [-0.3, -0.25) is 9.59 Å². The lowest BCUT2D eigenvalue weighted by Gasteiger charge is -2.18. The van der Waals surface area contributed by atoms with Crippen molar-refractivity contribution in [3.63, 3.8) is 0 Å². The fourth-order valence-corrected chi connectivity index (χ4v) is 4.00. The molecule has 3 aromatic rings. The summed E-state index contributed by atoms with van der Waals surface area (Å²) in [5, 5.41) is 13.4. The number of likely N-dealkylation sites (tertiary alicyclic amines) is 1. The molecule has 0 bridgehead atoms. The van der Waals surface area contributed by atoms with E-state index in [1.54, 1.807) is 36.5 Å². The third kappa shape index (κ3) is 5.61. The van der Waals surface area contributed by atoms with Gasteiger partial charge >= 0.3 is 0 Å². The molecule has 1 aromatic heterocycles. The van der Waals surface area contributed by atoms with Gasteiger partial charge in [0.05, 0.1) is 17.3 Å². The number of carbonyl (C=O) groups is 2. The van der Waals surface area contributed by atoms with Crippen LogP contribution in [0.25, 0.3) is 6.08 Å². The number of para-hydroxylation sites is 2.